The van der Waals surface area contributed by atoms with Gasteiger partial charge in [0.1, 0.15) is 0 Å². The van der Waals surface area contributed by atoms with E-state index in [0.29, 0.717) is 12.2 Å². The molecule has 2 N–H and O–H groups in total. The van der Waals surface area contributed by atoms with E-state index in [1.54, 1.807) is 17.1 Å². The van der Waals surface area contributed by atoms with Crippen LogP contribution in [0.25, 0.3) is 11.0 Å². The van der Waals surface area contributed by atoms with E-state index in [2.05, 4.69) is 20.1 Å². The lowest BCUT2D eigenvalue weighted by Crippen LogP contribution is -2.08. The van der Waals surface area contributed by atoms with Crippen molar-refractivity contribution in [2.45, 2.75) is 27.3 Å². The summed E-state index contributed by atoms with van der Waals surface area (Å²) in [5.74, 6) is 0.244. The number of anilines is 1. The first kappa shape index (κ1) is 13.8. The van der Waals surface area contributed by atoms with Crippen LogP contribution in [0.5, 0.6) is 0 Å². The van der Waals surface area contributed by atoms with Crippen LogP contribution in [0.2, 0.25) is 5.02 Å². The predicted molar refractivity (Wildman–Crippen MR) is 82.3 cm³/mol. The molecular weight excluding hydrogens is 288 g/mol. The van der Waals surface area contributed by atoms with Gasteiger partial charge in [-0.1, -0.05) is 11.6 Å². The van der Waals surface area contributed by atoms with Gasteiger partial charge in [-0.05, 0) is 31.9 Å². The summed E-state index contributed by atoms with van der Waals surface area (Å²) in [6, 6.07) is 0. The Labute approximate surface area is 127 Å². The standard InChI is InChI=1S/C14H15ClN6/c1-7-4-17-11(8(2)12(7)15)6-21-13-10(5-18-21)9(3)19-14(16)20-13/h4-5H,6H2,1-3H3,(H2,16,19,20). The van der Waals surface area contributed by atoms with Crippen LogP contribution in [-0.4, -0.2) is 24.7 Å². The molecule has 0 unspecified atom stereocenters. The number of halogens is 1. The van der Waals surface area contributed by atoms with E-state index < -0.39 is 0 Å². The molecule has 0 atom stereocenters. The molecule has 7 heteroatoms. The minimum Gasteiger partial charge on any atom is -0.368 e. The smallest absolute Gasteiger partial charge is 0.222 e. The van der Waals surface area contributed by atoms with Crippen molar-refractivity contribution in [2.24, 2.45) is 0 Å². The van der Waals surface area contributed by atoms with Crippen molar-refractivity contribution in [3.63, 3.8) is 0 Å². The van der Waals surface area contributed by atoms with Gasteiger partial charge in [0.2, 0.25) is 5.95 Å². The quantitative estimate of drug-likeness (QED) is 0.786. The molecule has 3 rings (SSSR count). The van der Waals surface area contributed by atoms with E-state index in [-0.39, 0.29) is 5.95 Å². The largest absolute Gasteiger partial charge is 0.368 e. The van der Waals surface area contributed by atoms with E-state index in [9.17, 15) is 0 Å². The highest BCUT2D eigenvalue weighted by molar-refractivity contribution is 6.32. The van der Waals surface area contributed by atoms with Crippen LogP contribution >= 0.6 is 11.6 Å². The number of aromatic nitrogens is 5. The summed E-state index contributed by atoms with van der Waals surface area (Å²) in [5.41, 5.74) is 10.0. The molecule has 0 fully saturated rings. The number of aryl methyl sites for hydroxylation is 2. The average molecular weight is 303 g/mol. The highest BCUT2D eigenvalue weighted by Crippen LogP contribution is 2.23. The monoisotopic (exact) mass is 302 g/mol. The van der Waals surface area contributed by atoms with Crippen molar-refractivity contribution in [1.29, 1.82) is 0 Å². The maximum atomic E-state index is 6.28. The highest BCUT2D eigenvalue weighted by atomic mass is 35.5. The fourth-order valence-electron chi connectivity index (χ4n) is 2.29. The van der Waals surface area contributed by atoms with Gasteiger partial charge in [-0.2, -0.15) is 10.1 Å². The second-order valence-electron chi connectivity index (χ2n) is 5.03. The highest BCUT2D eigenvalue weighted by Gasteiger charge is 2.12. The second kappa shape index (κ2) is 4.96. The first-order valence-corrected chi connectivity index (χ1v) is 6.91. The SMILES string of the molecule is Cc1cnc(Cn2ncc3c(C)nc(N)nc32)c(C)c1Cl. The van der Waals surface area contributed by atoms with E-state index in [4.69, 9.17) is 17.3 Å². The molecule has 0 bridgehead atoms. The van der Waals surface area contributed by atoms with Gasteiger partial charge in [-0.15, -0.1) is 0 Å². The molecule has 0 radical (unpaired) electrons. The van der Waals surface area contributed by atoms with Gasteiger partial charge in [0, 0.05) is 11.2 Å². The van der Waals surface area contributed by atoms with Gasteiger partial charge in [0.15, 0.2) is 5.65 Å². The minimum absolute atomic E-state index is 0.244. The first-order chi connectivity index (χ1) is 9.97. The van der Waals surface area contributed by atoms with E-state index in [1.807, 2.05) is 20.8 Å². The van der Waals surface area contributed by atoms with Crippen molar-refractivity contribution >= 4 is 28.6 Å². The van der Waals surface area contributed by atoms with E-state index in [0.717, 1.165) is 32.9 Å². The predicted octanol–water partition coefficient (Wildman–Crippen LogP) is 2.43. The Bertz CT molecular complexity index is 839. The second-order valence-corrected chi connectivity index (χ2v) is 5.41. The van der Waals surface area contributed by atoms with Gasteiger partial charge in [-0.3, -0.25) is 4.98 Å². The third-order valence-corrected chi connectivity index (χ3v) is 4.11. The number of pyridine rings is 1. The van der Waals surface area contributed by atoms with Gasteiger partial charge in [0.25, 0.3) is 0 Å². The summed E-state index contributed by atoms with van der Waals surface area (Å²) in [6.45, 7) is 6.27. The number of rotatable bonds is 2. The number of nitrogen functional groups attached to an aromatic ring is 1. The third-order valence-electron chi connectivity index (χ3n) is 3.53. The molecule has 0 amide bonds. The van der Waals surface area contributed by atoms with Gasteiger partial charge in [0.05, 0.1) is 29.5 Å². The van der Waals surface area contributed by atoms with Gasteiger partial charge >= 0.3 is 0 Å². The number of fused-ring (bicyclic) bond motifs is 1. The molecule has 21 heavy (non-hydrogen) atoms. The van der Waals surface area contributed by atoms with E-state index >= 15 is 0 Å². The summed E-state index contributed by atoms with van der Waals surface area (Å²) in [4.78, 5) is 12.9. The Hall–Kier alpha value is -2.21. The summed E-state index contributed by atoms with van der Waals surface area (Å²) in [6.07, 6.45) is 3.51. The Morgan fingerprint density at radius 1 is 1.19 bits per heavy atom. The molecule has 0 aromatic carbocycles. The minimum atomic E-state index is 0.244. The van der Waals surface area contributed by atoms with Crippen LogP contribution in [0.1, 0.15) is 22.5 Å². The zero-order valence-electron chi connectivity index (χ0n) is 12.1. The third kappa shape index (κ3) is 2.31. The summed E-state index contributed by atoms with van der Waals surface area (Å²) >= 11 is 6.28. The van der Waals surface area contributed by atoms with Crippen LogP contribution in [0.15, 0.2) is 12.4 Å². The molecule has 3 aromatic heterocycles. The molecule has 3 aromatic rings. The maximum Gasteiger partial charge on any atom is 0.222 e. The molecule has 0 saturated heterocycles. The Balaban J connectivity index is 2.09. The average Bonchev–Trinajstić information content (AvgIpc) is 2.83. The molecular formula is C14H15ClN6. The number of hydrogen-bond acceptors (Lipinski definition) is 5. The van der Waals surface area contributed by atoms with Crippen LogP contribution in [0.3, 0.4) is 0 Å². The number of nitrogens with two attached hydrogens (primary N) is 1. The van der Waals surface area contributed by atoms with E-state index in [1.165, 1.54) is 0 Å². The fraction of sp³-hybridized carbons (Fsp3) is 0.286. The molecule has 3 heterocycles. The summed E-state index contributed by atoms with van der Waals surface area (Å²) < 4.78 is 1.77. The van der Waals surface area contributed by atoms with Crippen molar-refractivity contribution in [3.05, 3.63) is 39.9 Å². The van der Waals surface area contributed by atoms with Gasteiger partial charge in [-0.25, -0.2) is 9.67 Å². The topological polar surface area (TPSA) is 82.5 Å². The number of hydrogen-bond donors (Lipinski definition) is 1. The molecule has 108 valence electrons. The van der Waals surface area contributed by atoms with Crippen molar-refractivity contribution in [1.82, 2.24) is 24.7 Å². The molecule has 6 nitrogen and oxygen atoms in total. The molecule has 0 aliphatic carbocycles. The van der Waals surface area contributed by atoms with Crippen molar-refractivity contribution in [3.8, 4) is 0 Å². The van der Waals surface area contributed by atoms with Crippen LogP contribution in [0.4, 0.5) is 5.95 Å². The molecule has 0 aliphatic heterocycles. The lowest BCUT2D eigenvalue weighted by atomic mass is 10.1. The first-order valence-electron chi connectivity index (χ1n) is 6.53. The lowest BCUT2D eigenvalue weighted by molar-refractivity contribution is 0.685. The Kier molecular flexibility index (Phi) is 3.25. The number of nitrogens with zero attached hydrogens (tertiary/aromatic N) is 5. The van der Waals surface area contributed by atoms with Crippen molar-refractivity contribution in [2.75, 3.05) is 5.73 Å². The van der Waals surface area contributed by atoms with Crippen LogP contribution < -0.4 is 5.73 Å². The fourth-order valence-corrected chi connectivity index (χ4v) is 2.44. The van der Waals surface area contributed by atoms with Crippen LogP contribution in [-0.2, 0) is 6.54 Å². The Morgan fingerprint density at radius 2 is 1.95 bits per heavy atom. The molecule has 0 aliphatic rings. The van der Waals surface area contributed by atoms with Crippen LogP contribution in [0, 0.1) is 20.8 Å². The lowest BCUT2D eigenvalue weighted by Gasteiger charge is -2.09. The normalized spacial score (nSPS) is 11.2. The summed E-state index contributed by atoms with van der Waals surface area (Å²) in [7, 11) is 0. The van der Waals surface area contributed by atoms with Gasteiger partial charge < -0.3 is 5.73 Å². The molecule has 0 spiro atoms. The molecule has 0 saturated carbocycles. The summed E-state index contributed by atoms with van der Waals surface area (Å²) in [5, 5.41) is 5.99. The maximum absolute atomic E-state index is 6.28. The Morgan fingerprint density at radius 3 is 2.71 bits per heavy atom. The zero-order valence-corrected chi connectivity index (χ0v) is 12.8. The van der Waals surface area contributed by atoms with Crippen molar-refractivity contribution < 1.29 is 0 Å². The zero-order chi connectivity index (χ0) is 15.1.